The van der Waals surface area contributed by atoms with Crippen LogP contribution in [0.3, 0.4) is 0 Å². The SMILES string of the molecule is C=CC(=C)OC1=NCC(N2CCC(O)(CC)CC2)=NC(C(F)(F)F)CC1. The van der Waals surface area contributed by atoms with Crippen molar-refractivity contribution in [2.45, 2.75) is 56.8 Å². The Bertz CT molecular complexity index is 591. The molecule has 1 fully saturated rings. The van der Waals surface area contributed by atoms with E-state index in [0.717, 1.165) is 0 Å². The van der Waals surface area contributed by atoms with Gasteiger partial charge in [0, 0.05) is 19.5 Å². The average molecular weight is 373 g/mol. The number of piperidine rings is 1. The fraction of sp³-hybridized carbons (Fsp3) is 0.667. The molecule has 0 saturated carbocycles. The number of amidine groups is 1. The summed E-state index contributed by atoms with van der Waals surface area (Å²) in [6.07, 6.45) is -1.62. The molecule has 8 heteroatoms. The molecule has 0 aromatic carbocycles. The summed E-state index contributed by atoms with van der Waals surface area (Å²) in [6, 6.07) is -1.80. The van der Waals surface area contributed by atoms with Crippen LogP contribution in [0, 0.1) is 0 Å². The Hall–Kier alpha value is -1.83. The number of likely N-dealkylation sites (tertiary alicyclic amines) is 1. The number of ether oxygens (including phenoxy) is 1. The Morgan fingerprint density at radius 3 is 2.62 bits per heavy atom. The van der Waals surface area contributed by atoms with Gasteiger partial charge >= 0.3 is 6.18 Å². The summed E-state index contributed by atoms with van der Waals surface area (Å²) in [6.45, 7) is 9.96. The van der Waals surface area contributed by atoms with Crippen molar-refractivity contribution in [3.8, 4) is 0 Å². The molecule has 0 aromatic heterocycles. The van der Waals surface area contributed by atoms with E-state index in [1.807, 2.05) is 6.92 Å². The molecule has 0 bridgehead atoms. The van der Waals surface area contributed by atoms with Gasteiger partial charge in [0.1, 0.15) is 17.6 Å². The maximum absolute atomic E-state index is 13.3. The highest BCUT2D eigenvalue weighted by atomic mass is 19.4. The molecule has 2 heterocycles. The highest BCUT2D eigenvalue weighted by molar-refractivity contribution is 5.88. The maximum Gasteiger partial charge on any atom is 0.410 e. The first-order valence-corrected chi connectivity index (χ1v) is 8.80. The highest BCUT2D eigenvalue weighted by Gasteiger charge is 2.41. The van der Waals surface area contributed by atoms with Gasteiger partial charge in [-0.1, -0.05) is 20.1 Å². The number of rotatable bonds is 3. The number of aliphatic imine (C=N–C) groups is 2. The van der Waals surface area contributed by atoms with E-state index in [0.29, 0.717) is 32.4 Å². The monoisotopic (exact) mass is 373 g/mol. The number of aliphatic hydroxyl groups is 1. The lowest BCUT2D eigenvalue weighted by molar-refractivity contribution is -0.148. The largest absolute Gasteiger partial charge is 0.444 e. The molecule has 0 radical (unpaired) electrons. The zero-order valence-corrected chi connectivity index (χ0v) is 15.1. The van der Waals surface area contributed by atoms with E-state index < -0.39 is 17.8 Å². The van der Waals surface area contributed by atoms with Crippen LogP contribution < -0.4 is 0 Å². The predicted octanol–water partition coefficient (Wildman–Crippen LogP) is 3.46. The van der Waals surface area contributed by atoms with Crippen molar-refractivity contribution in [3.05, 3.63) is 25.0 Å². The number of hydrogen-bond donors (Lipinski definition) is 1. The van der Waals surface area contributed by atoms with Gasteiger partial charge in [0.15, 0.2) is 5.90 Å². The average Bonchev–Trinajstić information content (AvgIpc) is 2.57. The minimum absolute atomic E-state index is 0.0108. The van der Waals surface area contributed by atoms with E-state index in [1.165, 1.54) is 6.08 Å². The molecule has 5 nitrogen and oxygen atoms in total. The van der Waals surface area contributed by atoms with E-state index in [-0.39, 0.29) is 36.9 Å². The second-order valence-electron chi connectivity index (χ2n) is 6.69. The Morgan fingerprint density at radius 1 is 1.42 bits per heavy atom. The number of hydrogen-bond acceptors (Lipinski definition) is 5. The van der Waals surface area contributed by atoms with Gasteiger partial charge in [-0.15, -0.1) is 0 Å². The smallest absolute Gasteiger partial charge is 0.410 e. The molecular weight excluding hydrogens is 347 g/mol. The quantitative estimate of drug-likeness (QED) is 0.609. The third-order valence-electron chi connectivity index (χ3n) is 4.91. The molecule has 0 aliphatic carbocycles. The Labute approximate surface area is 152 Å². The zero-order chi connectivity index (χ0) is 19.4. The second-order valence-corrected chi connectivity index (χ2v) is 6.69. The van der Waals surface area contributed by atoms with Crippen LogP contribution in [0.4, 0.5) is 13.2 Å². The van der Waals surface area contributed by atoms with Crippen molar-refractivity contribution in [1.29, 1.82) is 0 Å². The van der Waals surface area contributed by atoms with Crippen LogP contribution >= 0.6 is 0 Å². The summed E-state index contributed by atoms with van der Waals surface area (Å²) in [7, 11) is 0. The lowest BCUT2D eigenvalue weighted by Crippen LogP contribution is -2.48. The first kappa shape index (κ1) is 20.5. The third kappa shape index (κ3) is 5.33. The number of alkyl halides is 3. The first-order chi connectivity index (χ1) is 12.2. The Balaban J connectivity index is 2.19. The predicted molar refractivity (Wildman–Crippen MR) is 95.3 cm³/mol. The normalized spacial score (nSPS) is 24.0. The summed E-state index contributed by atoms with van der Waals surface area (Å²) in [5.74, 6) is 0.742. The van der Waals surface area contributed by atoms with E-state index in [4.69, 9.17) is 4.74 Å². The van der Waals surface area contributed by atoms with Gasteiger partial charge < -0.3 is 14.7 Å². The zero-order valence-electron chi connectivity index (χ0n) is 15.1. The van der Waals surface area contributed by atoms with Crippen LogP contribution in [-0.4, -0.2) is 59.2 Å². The van der Waals surface area contributed by atoms with Crippen LogP contribution in [-0.2, 0) is 4.74 Å². The molecule has 0 spiro atoms. The minimum atomic E-state index is -4.43. The lowest BCUT2D eigenvalue weighted by Gasteiger charge is -2.39. The number of allylic oxidation sites excluding steroid dienone is 1. The van der Waals surface area contributed by atoms with E-state index in [2.05, 4.69) is 23.1 Å². The molecule has 146 valence electrons. The second kappa shape index (κ2) is 8.24. The van der Waals surface area contributed by atoms with Crippen LogP contribution in [0.2, 0.25) is 0 Å². The molecule has 0 aromatic rings. The van der Waals surface area contributed by atoms with Gasteiger partial charge in [-0.05, 0) is 31.8 Å². The van der Waals surface area contributed by atoms with Crippen molar-refractivity contribution in [1.82, 2.24) is 4.90 Å². The van der Waals surface area contributed by atoms with Crippen LogP contribution in [0.1, 0.15) is 39.0 Å². The molecule has 1 N–H and O–H groups in total. The maximum atomic E-state index is 13.3. The van der Waals surface area contributed by atoms with E-state index in [9.17, 15) is 18.3 Å². The van der Waals surface area contributed by atoms with Gasteiger partial charge in [0.25, 0.3) is 0 Å². The Morgan fingerprint density at radius 2 is 2.08 bits per heavy atom. The standard InChI is InChI=1S/C18H26F3N3O2/c1-4-13(3)26-16-7-6-14(18(19,20)21)23-15(12-22-16)24-10-8-17(25,5-2)9-11-24/h4,14,25H,1,3,5-12H2,2H3. The fourth-order valence-corrected chi connectivity index (χ4v) is 3.01. The fourth-order valence-electron chi connectivity index (χ4n) is 3.01. The molecule has 1 saturated heterocycles. The molecule has 2 rings (SSSR count). The molecule has 2 aliphatic heterocycles. The minimum Gasteiger partial charge on any atom is -0.444 e. The van der Waals surface area contributed by atoms with Crippen molar-refractivity contribution in [3.63, 3.8) is 0 Å². The van der Waals surface area contributed by atoms with Crippen LogP contribution in [0.5, 0.6) is 0 Å². The highest BCUT2D eigenvalue weighted by Crippen LogP contribution is 2.30. The molecule has 26 heavy (non-hydrogen) atoms. The van der Waals surface area contributed by atoms with E-state index >= 15 is 0 Å². The third-order valence-corrected chi connectivity index (χ3v) is 4.91. The molecular formula is C18H26F3N3O2. The van der Waals surface area contributed by atoms with Crippen molar-refractivity contribution >= 4 is 11.7 Å². The number of halogens is 3. The first-order valence-electron chi connectivity index (χ1n) is 8.80. The summed E-state index contributed by atoms with van der Waals surface area (Å²) in [4.78, 5) is 10.0. The topological polar surface area (TPSA) is 57.4 Å². The summed E-state index contributed by atoms with van der Waals surface area (Å²) in [5, 5.41) is 10.3. The molecule has 0 amide bonds. The van der Waals surface area contributed by atoms with Gasteiger partial charge in [-0.2, -0.15) is 13.2 Å². The molecule has 1 unspecified atom stereocenters. The summed E-state index contributed by atoms with van der Waals surface area (Å²) < 4.78 is 45.4. The van der Waals surface area contributed by atoms with E-state index in [1.54, 1.807) is 4.90 Å². The lowest BCUT2D eigenvalue weighted by atomic mass is 9.89. The van der Waals surface area contributed by atoms with Crippen LogP contribution in [0.15, 0.2) is 35.0 Å². The van der Waals surface area contributed by atoms with Crippen molar-refractivity contribution < 1.29 is 23.0 Å². The summed E-state index contributed by atoms with van der Waals surface area (Å²) in [5.41, 5.74) is -0.749. The van der Waals surface area contributed by atoms with Crippen molar-refractivity contribution in [2.75, 3.05) is 19.6 Å². The van der Waals surface area contributed by atoms with Gasteiger partial charge in [0.05, 0.1) is 12.1 Å². The van der Waals surface area contributed by atoms with Gasteiger partial charge in [-0.25, -0.2) is 4.99 Å². The number of nitrogens with zero attached hydrogens (tertiary/aromatic N) is 3. The Kier molecular flexibility index (Phi) is 6.49. The van der Waals surface area contributed by atoms with Gasteiger partial charge in [-0.3, -0.25) is 4.99 Å². The summed E-state index contributed by atoms with van der Waals surface area (Å²) >= 11 is 0. The van der Waals surface area contributed by atoms with Crippen molar-refractivity contribution in [2.24, 2.45) is 9.98 Å². The van der Waals surface area contributed by atoms with Crippen LogP contribution in [0.25, 0.3) is 0 Å². The van der Waals surface area contributed by atoms with Gasteiger partial charge in [0.2, 0.25) is 0 Å². The molecule has 1 atom stereocenters. The molecule has 2 aliphatic rings.